The highest BCUT2D eigenvalue weighted by Crippen LogP contribution is 2.65. The summed E-state index contributed by atoms with van der Waals surface area (Å²) in [6, 6.07) is -0.781. The fourth-order valence-electron chi connectivity index (χ4n) is 6.69. The molecule has 3 amide bonds. The van der Waals surface area contributed by atoms with Crippen LogP contribution in [0, 0.1) is 17.8 Å². The maximum atomic E-state index is 13.8. The molecule has 1 spiro atoms. The van der Waals surface area contributed by atoms with Gasteiger partial charge in [-0.3, -0.25) is 19.3 Å². The first kappa shape index (κ1) is 26.3. The van der Waals surface area contributed by atoms with Crippen molar-refractivity contribution in [3.8, 4) is 0 Å². The van der Waals surface area contributed by atoms with Gasteiger partial charge in [-0.05, 0) is 38.5 Å². The van der Waals surface area contributed by atoms with E-state index in [9.17, 15) is 19.5 Å². The zero-order chi connectivity index (χ0) is 25.2. The van der Waals surface area contributed by atoms with Crippen molar-refractivity contribution >= 4 is 17.7 Å². The highest BCUT2D eigenvalue weighted by atomic mass is 16.5. The van der Waals surface area contributed by atoms with Crippen molar-refractivity contribution < 1.29 is 29.0 Å². The van der Waals surface area contributed by atoms with Crippen LogP contribution in [0.25, 0.3) is 0 Å². The Morgan fingerprint density at radius 1 is 1.11 bits per heavy atom. The minimum absolute atomic E-state index is 0.0284. The van der Waals surface area contributed by atoms with E-state index in [1.54, 1.807) is 4.90 Å². The summed E-state index contributed by atoms with van der Waals surface area (Å²) >= 11 is 0. The van der Waals surface area contributed by atoms with Gasteiger partial charge in [-0.15, -0.1) is 0 Å². The van der Waals surface area contributed by atoms with Crippen LogP contribution >= 0.6 is 0 Å². The number of morpholine rings is 1. The van der Waals surface area contributed by atoms with Crippen LogP contribution in [0.4, 0.5) is 0 Å². The second-order valence-electron chi connectivity index (χ2n) is 10.7. The molecule has 0 saturated carbocycles. The van der Waals surface area contributed by atoms with E-state index < -0.39 is 29.1 Å². The number of nitrogens with one attached hydrogen (secondary N) is 2. The predicted molar refractivity (Wildman–Crippen MR) is 128 cm³/mol. The number of rotatable bonds is 11. The first-order valence-electron chi connectivity index (χ1n) is 13.3. The monoisotopic (exact) mass is 494 g/mol. The Kier molecular flexibility index (Phi) is 8.05. The van der Waals surface area contributed by atoms with E-state index in [1.807, 2.05) is 13.8 Å². The Hall–Kier alpha value is -1.75. The molecule has 3 unspecified atom stereocenters. The zero-order valence-electron chi connectivity index (χ0n) is 21.4. The van der Waals surface area contributed by atoms with Gasteiger partial charge in [-0.2, -0.15) is 0 Å². The number of aliphatic hydroxyl groups is 1. The third-order valence-electron chi connectivity index (χ3n) is 8.53. The van der Waals surface area contributed by atoms with Crippen LogP contribution in [-0.4, -0.2) is 109 Å². The van der Waals surface area contributed by atoms with Crippen molar-refractivity contribution in [2.45, 2.75) is 63.7 Å². The Morgan fingerprint density at radius 3 is 2.51 bits per heavy atom. The number of aliphatic hydroxyl groups excluding tert-OH is 1. The minimum atomic E-state index is -1.01. The van der Waals surface area contributed by atoms with Gasteiger partial charge in [0, 0.05) is 45.9 Å². The van der Waals surface area contributed by atoms with Gasteiger partial charge in [-0.25, -0.2) is 0 Å². The molecule has 0 aliphatic carbocycles. The van der Waals surface area contributed by atoms with E-state index in [0.29, 0.717) is 58.7 Å². The van der Waals surface area contributed by atoms with Crippen LogP contribution in [0.15, 0.2) is 0 Å². The van der Waals surface area contributed by atoms with Crippen molar-refractivity contribution in [3.05, 3.63) is 0 Å². The molecule has 4 fully saturated rings. The molecule has 10 heteroatoms. The molecule has 0 radical (unpaired) electrons. The van der Waals surface area contributed by atoms with E-state index in [0.717, 1.165) is 19.5 Å². The maximum Gasteiger partial charge on any atom is 0.245 e. The van der Waals surface area contributed by atoms with Crippen LogP contribution in [0.5, 0.6) is 0 Å². The Morgan fingerprint density at radius 2 is 1.83 bits per heavy atom. The number of hydrogen-bond donors (Lipinski definition) is 3. The summed E-state index contributed by atoms with van der Waals surface area (Å²) < 4.78 is 12.1. The zero-order valence-corrected chi connectivity index (χ0v) is 21.4. The first-order valence-corrected chi connectivity index (χ1v) is 13.3. The van der Waals surface area contributed by atoms with Crippen molar-refractivity contribution in [2.75, 3.05) is 59.1 Å². The molecule has 0 aromatic rings. The molecule has 4 aliphatic rings. The molecule has 6 atom stereocenters. The van der Waals surface area contributed by atoms with Crippen molar-refractivity contribution in [3.63, 3.8) is 0 Å². The van der Waals surface area contributed by atoms with Gasteiger partial charge < -0.3 is 30.1 Å². The number of fused-ring (bicyclic) bond motifs is 1. The molecule has 198 valence electrons. The molecule has 35 heavy (non-hydrogen) atoms. The summed E-state index contributed by atoms with van der Waals surface area (Å²) in [5.74, 6) is -1.83. The van der Waals surface area contributed by atoms with Crippen LogP contribution in [0.3, 0.4) is 0 Å². The van der Waals surface area contributed by atoms with Crippen LogP contribution < -0.4 is 10.6 Å². The van der Waals surface area contributed by atoms with Gasteiger partial charge in [0.25, 0.3) is 0 Å². The minimum Gasteiger partial charge on any atom is -0.396 e. The fraction of sp³-hybridized carbons (Fsp3) is 0.880. The van der Waals surface area contributed by atoms with E-state index >= 15 is 0 Å². The molecule has 4 saturated heterocycles. The number of nitrogens with zero attached hydrogens (tertiary/aromatic N) is 2. The van der Waals surface area contributed by atoms with Crippen molar-refractivity contribution in [2.24, 2.45) is 17.8 Å². The SMILES string of the molecule is CCCNC(=O)[C@@H]1[C@H]2C(=O)N(CCCCO)C(C(=O)NCCN3CCOCC3)C23CC(C)[C@@]1(C)O3. The summed E-state index contributed by atoms with van der Waals surface area (Å²) in [6.07, 6.45) is 2.50. The molecule has 10 nitrogen and oxygen atoms in total. The largest absolute Gasteiger partial charge is 0.396 e. The molecule has 2 bridgehead atoms. The molecular formula is C25H42N4O6. The summed E-state index contributed by atoms with van der Waals surface area (Å²) in [6.45, 7) is 11.2. The Bertz CT molecular complexity index is 805. The number of likely N-dealkylation sites (tertiary alicyclic amines) is 1. The van der Waals surface area contributed by atoms with E-state index in [-0.39, 0.29) is 30.2 Å². The topological polar surface area (TPSA) is 120 Å². The molecule has 4 rings (SSSR count). The summed E-state index contributed by atoms with van der Waals surface area (Å²) in [5.41, 5.74) is -1.80. The average Bonchev–Trinajstić information content (AvgIpc) is 3.35. The quantitative estimate of drug-likeness (QED) is 0.339. The summed E-state index contributed by atoms with van der Waals surface area (Å²) in [5, 5.41) is 15.3. The molecule has 4 heterocycles. The van der Waals surface area contributed by atoms with Crippen molar-refractivity contribution in [1.82, 2.24) is 20.4 Å². The Balaban J connectivity index is 1.57. The highest BCUT2D eigenvalue weighted by Gasteiger charge is 2.79. The number of carbonyl (C=O) groups is 3. The predicted octanol–water partition coefficient (Wildman–Crippen LogP) is -0.256. The molecule has 0 aromatic heterocycles. The van der Waals surface area contributed by atoms with Crippen LogP contribution in [0.2, 0.25) is 0 Å². The number of amides is 3. The number of carbonyl (C=O) groups excluding carboxylic acids is 3. The second kappa shape index (κ2) is 10.7. The third-order valence-corrected chi connectivity index (χ3v) is 8.53. The van der Waals surface area contributed by atoms with Crippen molar-refractivity contribution in [1.29, 1.82) is 0 Å². The van der Waals surface area contributed by atoms with Gasteiger partial charge in [-0.1, -0.05) is 13.8 Å². The smallest absolute Gasteiger partial charge is 0.245 e. The number of hydrogen-bond acceptors (Lipinski definition) is 7. The normalized spacial score (nSPS) is 36.5. The lowest BCUT2D eigenvalue weighted by molar-refractivity contribution is -0.147. The molecular weight excluding hydrogens is 452 g/mol. The van der Waals surface area contributed by atoms with Gasteiger partial charge in [0.2, 0.25) is 17.7 Å². The number of ether oxygens (including phenoxy) is 2. The standard InChI is InChI=1S/C25H42N4O6/c1-4-7-26-21(31)18-19-23(33)29(9-5-6-13-30)20(25(19)16-17(2)24(18,3)35-25)22(32)27-8-10-28-11-14-34-15-12-28/h17-20,30H,4-16H2,1-3H3,(H,26,31)(H,27,32)/t17?,18-,19-,20?,24+,25?/m0/s1. The van der Waals surface area contributed by atoms with E-state index in [4.69, 9.17) is 9.47 Å². The van der Waals surface area contributed by atoms with Crippen LogP contribution in [0.1, 0.15) is 46.5 Å². The second-order valence-corrected chi connectivity index (χ2v) is 10.7. The average molecular weight is 495 g/mol. The first-order chi connectivity index (χ1) is 16.8. The van der Waals surface area contributed by atoms with Gasteiger partial charge in [0.1, 0.15) is 11.6 Å². The van der Waals surface area contributed by atoms with Gasteiger partial charge >= 0.3 is 0 Å². The maximum absolute atomic E-state index is 13.8. The third kappa shape index (κ3) is 4.58. The van der Waals surface area contributed by atoms with Gasteiger partial charge in [0.15, 0.2) is 0 Å². The Labute approximate surface area is 208 Å². The lowest BCUT2D eigenvalue weighted by Gasteiger charge is -2.36. The van der Waals surface area contributed by atoms with E-state index in [2.05, 4.69) is 22.5 Å². The molecule has 3 N–H and O–H groups in total. The molecule has 4 aliphatic heterocycles. The lowest BCUT2D eigenvalue weighted by atomic mass is 9.62. The summed E-state index contributed by atoms with van der Waals surface area (Å²) in [4.78, 5) is 44.7. The van der Waals surface area contributed by atoms with Gasteiger partial charge in [0.05, 0.1) is 30.7 Å². The van der Waals surface area contributed by atoms with Crippen LogP contribution in [-0.2, 0) is 23.9 Å². The molecule has 0 aromatic carbocycles. The fourth-order valence-corrected chi connectivity index (χ4v) is 6.69. The summed E-state index contributed by atoms with van der Waals surface area (Å²) in [7, 11) is 0. The number of unbranched alkanes of at least 4 members (excludes halogenated alkanes) is 1. The van der Waals surface area contributed by atoms with E-state index in [1.165, 1.54) is 0 Å². The lowest BCUT2D eigenvalue weighted by Crippen LogP contribution is -2.56. The highest BCUT2D eigenvalue weighted by molar-refractivity contribution is 5.99.